The van der Waals surface area contributed by atoms with Crippen LogP contribution < -0.4 is 0 Å². The molecule has 1 N–H and O–H groups in total. The van der Waals surface area contributed by atoms with E-state index in [1.54, 1.807) is 11.3 Å². The van der Waals surface area contributed by atoms with Gasteiger partial charge in [-0.1, -0.05) is 45.4 Å². The van der Waals surface area contributed by atoms with E-state index >= 15 is 0 Å². The Hall–Kier alpha value is -0.340. The van der Waals surface area contributed by atoms with E-state index in [-0.39, 0.29) is 0 Å². The summed E-state index contributed by atoms with van der Waals surface area (Å²) in [5, 5.41) is 10.4. The Bertz CT molecular complexity index is 314. The van der Waals surface area contributed by atoms with Crippen LogP contribution >= 0.6 is 11.3 Å². The van der Waals surface area contributed by atoms with Gasteiger partial charge in [0.05, 0.1) is 5.60 Å². The lowest BCUT2D eigenvalue weighted by atomic mass is 9.96. The molecule has 0 aliphatic carbocycles. The molecule has 1 atom stereocenters. The summed E-state index contributed by atoms with van der Waals surface area (Å²) in [5.74, 6) is 0. The van der Waals surface area contributed by atoms with E-state index in [0.717, 1.165) is 17.7 Å². The molecule has 2 heteroatoms. The summed E-state index contributed by atoms with van der Waals surface area (Å²) in [5.41, 5.74) is -0.621. The van der Waals surface area contributed by atoms with Gasteiger partial charge in [-0.2, -0.15) is 0 Å². The maximum absolute atomic E-state index is 10.4. The highest BCUT2D eigenvalue weighted by molar-refractivity contribution is 7.12. The zero-order valence-corrected chi connectivity index (χ0v) is 12.3. The Labute approximate surface area is 110 Å². The second-order valence-electron chi connectivity index (χ2n) is 5.20. The molecule has 1 rings (SSSR count). The van der Waals surface area contributed by atoms with Gasteiger partial charge in [0.1, 0.15) is 0 Å². The van der Waals surface area contributed by atoms with Gasteiger partial charge in [-0.25, -0.2) is 0 Å². The Morgan fingerprint density at radius 2 is 1.76 bits per heavy atom. The molecule has 0 fully saturated rings. The first-order chi connectivity index (χ1) is 8.06. The largest absolute Gasteiger partial charge is 0.385 e. The number of hydrogen-bond acceptors (Lipinski definition) is 2. The molecule has 0 aliphatic heterocycles. The monoisotopic (exact) mass is 254 g/mol. The van der Waals surface area contributed by atoms with Crippen LogP contribution in [0, 0.1) is 6.92 Å². The Morgan fingerprint density at radius 1 is 1.12 bits per heavy atom. The Morgan fingerprint density at radius 3 is 2.35 bits per heavy atom. The topological polar surface area (TPSA) is 20.2 Å². The van der Waals surface area contributed by atoms with E-state index in [2.05, 4.69) is 26.0 Å². The molecule has 0 bridgehead atoms. The van der Waals surface area contributed by atoms with E-state index < -0.39 is 5.60 Å². The molecular formula is C15H26OS. The molecule has 1 aromatic rings. The summed E-state index contributed by atoms with van der Waals surface area (Å²) in [6.45, 7) is 6.28. The van der Waals surface area contributed by atoms with Gasteiger partial charge in [0, 0.05) is 9.75 Å². The number of thiophene rings is 1. The van der Waals surface area contributed by atoms with Crippen molar-refractivity contribution < 1.29 is 5.11 Å². The number of aliphatic hydroxyl groups is 1. The van der Waals surface area contributed by atoms with Gasteiger partial charge in [0.15, 0.2) is 0 Å². The minimum absolute atomic E-state index is 0.621. The molecule has 0 saturated heterocycles. The highest BCUT2D eigenvalue weighted by Gasteiger charge is 2.23. The number of aryl methyl sites for hydroxylation is 1. The molecule has 0 aromatic carbocycles. The van der Waals surface area contributed by atoms with Crippen LogP contribution in [0.3, 0.4) is 0 Å². The van der Waals surface area contributed by atoms with Crippen LogP contribution in [-0.4, -0.2) is 5.11 Å². The predicted molar refractivity (Wildman–Crippen MR) is 76.6 cm³/mol. The van der Waals surface area contributed by atoms with Gasteiger partial charge in [-0.3, -0.25) is 0 Å². The van der Waals surface area contributed by atoms with Gasteiger partial charge in [0.2, 0.25) is 0 Å². The fourth-order valence-corrected chi connectivity index (χ4v) is 3.04. The molecule has 0 spiro atoms. The highest BCUT2D eigenvalue weighted by atomic mass is 32.1. The third-order valence-corrected chi connectivity index (χ3v) is 4.54. The fourth-order valence-electron chi connectivity index (χ4n) is 2.10. The molecule has 0 radical (unpaired) electrons. The summed E-state index contributed by atoms with van der Waals surface area (Å²) >= 11 is 1.72. The van der Waals surface area contributed by atoms with Crippen LogP contribution in [0.5, 0.6) is 0 Å². The highest BCUT2D eigenvalue weighted by Crippen LogP contribution is 2.32. The molecule has 0 aliphatic rings. The minimum atomic E-state index is -0.621. The van der Waals surface area contributed by atoms with Crippen LogP contribution in [-0.2, 0) is 5.60 Å². The van der Waals surface area contributed by atoms with Gasteiger partial charge < -0.3 is 5.11 Å². The van der Waals surface area contributed by atoms with Crippen LogP contribution in [0.25, 0.3) is 0 Å². The lowest BCUT2D eigenvalue weighted by Gasteiger charge is -2.21. The Balaban J connectivity index is 2.25. The van der Waals surface area contributed by atoms with E-state index in [9.17, 15) is 5.11 Å². The summed E-state index contributed by atoms with van der Waals surface area (Å²) in [7, 11) is 0. The van der Waals surface area contributed by atoms with E-state index in [0.29, 0.717) is 0 Å². The average molecular weight is 254 g/mol. The van der Waals surface area contributed by atoms with Crippen molar-refractivity contribution in [3.05, 3.63) is 21.9 Å². The minimum Gasteiger partial charge on any atom is -0.385 e. The van der Waals surface area contributed by atoms with Gasteiger partial charge in [-0.05, 0) is 32.4 Å². The third-order valence-electron chi connectivity index (χ3n) is 3.29. The summed E-state index contributed by atoms with van der Waals surface area (Å²) in [6, 6.07) is 4.16. The lowest BCUT2D eigenvalue weighted by molar-refractivity contribution is 0.0486. The van der Waals surface area contributed by atoms with Crippen molar-refractivity contribution in [2.45, 2.75) is 71.3 Å². The van der Waals surface area contributed by atoms with Crippen molar-refractivity contribution >= 4 is 11.3 Å². The Kier molecular flexibility index (Phi) is 6.21. The zero-order valence-electron chi connectivity index (χ0n) is 11.5. The van der Waals surface area contributed by atoms with Gasteiger partial charge in [0.25, 0.3) is 0 Å². The van der Waals surface area contributed by atoms with Crippen molar-refractivity contribution in [3.8, 4) is 0 Å². The molecule has 0 saturated carbocycles. The van der Waals surface area contributed by atoms with Crippen molar-refractivity contribution in [2.75, 3.05) is 0 Å². The molecular weight excluding hydrogens is 228 g/mol. The molecule has 17 heavy (non-hydrogen) atoms. The maximum Gasteiger partial charge on any atom is 0.0960 e. The zero-order chi connectivity index (χ0) is 12.7. The molecule has 1 aromatic heterocycles. The number of rotatable bonds is 8. The van der Waals surface area contributed by atoms with Crippen molar-refractivity contribution in [2.24, 2.45) is 0 Å². The fraction of sp³-hybridized carbons (Fsp3) is 0.733. The smallest absolute Gasteiger partial charge is 0.0960 e. The molecule has 98 valence electrons. The number of unbranched alkanes of at least 4 members (excludes halogenated alkanes) is 5. The van der Waals surface area contributed by atoms with Crippen LogP contribution in [0.15, 0.2) is 12.1 Å². The van der Waals surface area contributed by atoms with Gasteiger partial charge >= 0.3 is 0 Å². The van der Waals surface area contributed by atoms with E-state index in [4.69, 9.17) is 0 Å². The molecule has 1 nitrogen and oxygen atoms in total. The van der Waals surface area contributed by atoms with Crippen molar-refractivity contribution in [1.82, 2.24) is 0 Å². The standard InChI is InChI=1S/C15H26OS/c1-4-5-6-7-8-9-12-15(3,16)14-11-10-13(2)17-14/h10-11,16H,4-9,12H2,1-3H3. The molecule has 0 amide bonds. The first-order valence-electron chi connectivity index (χ1n) is 6.85. The first kappa shape index (κ1) is 14.7. The SMILES string of the molecule is CCCCCCCCC(C)(O)c1ccc(C)s1. The van der Waals surface area contributed by atoms with Gasteiger partial charge in [-0.15, -0.1) is 11.3 Å². The first-order valence-corrected chi connectivity index (χ1v) is 7.67. The quantitative estimate of drug-likeness (QED) is 0.646. The normalized spacial score (nSPS) is 14.8. The predicted octanol–water partition coefficient (Wildman–Crippen LogP) is 5.01. The van der Waals surface area contributed by atoms with Crippen LogP contribution in [0.2, 0.25) is 0 Å². The summed E-state index contributed by atoms with van der Waals surface area (Å²) < 4.78 is 0. The second-order valence-corrected chi connectivity index (χ2v) is 6.49. The van der Waals surface area contributed by atoms with E-state index in [1.165, 1.54) is 37.0 Å². The number of hydrogen-bond donors (Lipinski definition) is 1. The molecule has 1 heterocycles. The summed E-state index contributed by atoms with van der Waals surface area (Å²) in [6.07, 6.45) is 8.57. The second kappa shape index (κ2) is 7.17. The average Bonchev–Trinajstić information content (AvgIpc) is 2.71. The van der Waals surface area contributed by atoms with Crippen molar-refractivity contribution in [3.63, 3.8) is 0 Å². The third kappa shape index (κ3) is 5.22. The van der Waals surface area contributed by atoms with Crippen LogP contribution in [0.4, 0.5) is 0 Å². The maximum atomic E-state index is 10.4. The van der Waals surface area contributed by atoms with Crippen LogP contribution in [0.1, 0.15) is 68.5 Å². The van der Waals surface area contributed by atoms with E-state index in [1.807, 2.05) is 6.92 Å². The summed E-state index contributed by atoms with van der Waals surface area (Å²) in [4.78, 5) is 2.40. The molecule has 1 unspecified atom stereocenters. The lowest BCUT2D eigenvalue weighted by Crippen LogP contribution is -2.19. The van der Waals surface area contributed by atoms with Crippen molar-refractivity contribution in [1.29, 1.82) is 0 Å².